The summed E-state index contributed by atoms with van der Waals surface area (Å²) in [7, 11) is 0. The zero-order valence-electron chi connectivity index (χ0n) is 19.6. The van der Waals surface area contributed by atoms with Crippen LogP contribution in [0.1, 0.15) is 37.2 Å². The van der Waals surface area contributed by atoms with Crippen LogP contribution in [0.4, 0.5) is 14.5 Å². The Labute approximate surface area is 227 Å². The van der Waals surface area contributed by atoms with E-state index in [1.807, 2.05) is 13.0 Å². The van der Waals surface area contributed by atoms with Gasteiger partial charge in [0.1, 0.15) is 26.8 Å². The summed E-state index contributed by atoms with van der Waals surface area (Å²) in [5, 5.41) is 7.79. The number of nitrogens with zero attached hydrogens (tertiary/aromatic N) is 3. The minimum Gasteiger partial charge on any atom is -0.471 e. The molecule has 38 heavy (non-hydrogen) atoms. The molecule has 0 fully saturated rings. The Balaban J connectivity index is 1.54. The molecule has 5 rings (SSSR count). The molecule has 0 radical (unpaired) electrons. The standard InChI is InChI=1S/C25H18ClF2N5O3S2/c1-12-2-7-18(37-12)15-10-16(22(27)28)31-25-19(15)20(21(38-25)23(29)34)32-24(35)17-8-9-30-33(17)11-36-14-5-3-13(26)4-6-14/h2-10,22H,11H2,1H3,(H2,29,34)(H,32,35). The Morgan fingerprint density at radius 2 is 1.92 bits per heavy atom. The molecular formula is C25H18ClF2N5O3S2. The number of aromatic nitrogens is 3. The van der Waals surface area contributed by atoms with Gasteiger partial charge in [0.2, 0.25) is 0 Å². The third-order valence-electron chi connectivity index (χ3n) is 5.49. The number of rotatable bonds is 8. The van der Waals surface area contributed by atoms with E-state index in [4.69, 9.17) is 22.1 Å². The van der Waals surface area contributed by atoms with Crippen molar-refractivity contribution in [3.63, 3.8) is 0 Å². The number of primary amides is 1. The topological polar surface area (TPSA) is 112 Å². The molecule has 3 N–H and O–H groups in total. The van der Waals surface area contributed by atoms with Crippen LogP contribution in [-0.2, 0) is 6.73 Å². The Kier molecular flexibility index (Phi) is 7.11. The van der Waals surface area contributed by atoms with Crippen molar-refractivity contribution >= 4 is 62.0 Å². The molecule has 0 aliphatic rings. The maximum Gasteiger partial charge on any atom is 0.280 e. The number of fused-ring (bicyclic) bond motifs is 1. The first-order valence-corrected chi connectivity index (χ1v) is 13.1. The summed E-state index contributed by atoms with van der Waals surface area (Å²) < 4.78 is 34.4. The van der Waals surface area contributed by atoms with E-state index in [-0.39, 0.29) is 27.8 Å². The second-order valence-electron chi connectivity index (χ2n) is 8.05. The van der Waals surface area contributed by atoms with Gasteiger partial charge >= 0.3 is 0 Å². The fourth-order valence-electron chi connectivity index (χ4n) is 3.77. The van der Waals surface area contributed by atoms with Gasteiger partial charge in [0, 0.05) is 31.9 Å². The normalized spacial score (nSPS) is 11.3. The fraction of sp³-hybridized carbons (Fsp3) is 0.120. The first-order chi connectivity index (χ1) is 18.2. The molecule has 4 heterocycles. The average molecular weight is 574 g/mol. The van der Waals surface area contributed by atoms with Gasteiger partial charge in [-0.1, -0.05) is 11.6 Å². The number of hydrogen-bond donors (Lipinski definition) is 2. The summed E-state index contributed by atoms with van der Waals surface area (Å²) >= 11 is 8.13. The molecule has 194 valence electrons. The van der Waals surface area contributed by atoms with E-state index in [2.05, 4.69) is 15.4 Å². The summed E-state index contributed by atoms with van der Waals surface area (Å²) in [4.78, 5) is 31.6. The number of thiophene rings is 2. The number of carbonyl (C=O) groups excluding carboxylic acids is 2. The van der Waals surface area contributed by atoms with E-state index < -0.39 is 23.9 Å². The van der Waals surface area contributed by atoms with Gasteiger partial charge in [0.25, 0.3) is 18.2 Å². The second-order valence-corrected chi connectivity index (χ2v) is 10.8. The van der Waals surface area contributed by atoms with Crippen LogP contribution in [0.15, 0.2) is 54.7 Å². The molecule has 5 aromatic rings. The number of ether oxygens (including phenoxy) is 1. The maximum absolute atomic E-state index is 13.7. The Bertz CT molecular complexity index is 1660. The number of nitrogens with two attached hydrogens (primary N) is 1. The number of halogens is 3. The van der Waals surface area contributed by atoms with Gasteiger partial charge < -0.3 is 15.8 Å². The summed E-state index contributed by atoms with van der Waals surface area (Å²) in [6.45, 7) is 1.81. The summed E-state index contributed by atoms with van der Waals surface area (Å²) in [5.41, 5.74) is 5.83. The number of carbonyl (C=O) groups is 2. The van der Waals surface area contributed by atoms with Crippen LogP contribution in [0.25, 0.3) is 20.7 Å². The van der Waals surface area contributed by atoms with Crippen LogP contribution in [0.3, 0.4) is 0 Å². The number of pyridine rings is 1. The van der Waals surface area contributed by atoms with Crippen LogP contribution in [0, 0.1) is 6.92 Å². The molecule has 2 amide bonds. The zero-order chi connectivity index (χ0) is 27.0. The molecular weight excluding hydrogens is 556 g/mol. The molecule has 0 unspecified atom stereocenters. The molecule has 0 aliphatic heterocycles. The quantitative estimate of drug-likeness (QED) is 0.220. The third-order valence-corrected chi connectivity index (χ3v) is 7.87. The van der Waals surface area contributed by atoms with Crippen molar-refractivity contribution in [3.05, 3.63) is 80.9 Å². The van der Waals surface area contributed by atoms with Crippen LogP contribution in [0.5, 0.6) is 5.75 Å². The van der Waals surface area contributed by atoms with Crippen molar-refractivity contribution in [1.29, 1.82) is 0 Å². The lowest BCUT2D eigenvalue weighted by Gasteiger charge is -2.12. The van der Waals surface area contributed by atoms with Crippen molar-refractivity contribution in [2.45, 2.75) is 20.1 Å². The molecule has 0 aliphatic carbocycles. The van der Waals surface area contributed by atoms with Gasteiger partial charge in [-0.3, -0.25) is 9.59 Å². The lowest BCUT2D eigenvalue weighted by molar-refractivity contribution is 0.100. The summed E-state index contributed by atoms with van der Waals surface area (Å²) in [6.07, 6.45) is -1.40. The average Bonchev–Trinajstić information content (AvgIpc) is 3.62. The highest BCUT2D eigenvalue weighted by Crippen LogP contribution is 2.44. The molecule has 13 heteroatoms. The van der Waals surface area contributed by atoms with Crippen molar-refractivity contribution in [2.24, 2.45) is 5.73 Å². The van der Waals surface area contributed by atoms with Gasteiger partial charge in [0.15, 0.2) is 6.73 Å². The largest absolute Gasteiger partial charge is 0.471 e. The lowest BCUT2D eigenvalue weighted by atomic mass is 10.1. The van der Waals surface area contributed by atoms with E-state index >= 15 is 0 Å². The zero-order valence-corrected chi connectivity index (χ0v) is 22.0. The van der Waals surface area contributed by atoms with Gasteiger partial charge in [-0.25, -0.2) is 18.4 Å². The fourth-order valence-corrected chi connectivity index (χ4v) is 5.80. The number of alkyl halides is 2. The van der Waals surface area contributed by atoms with Crippen molar-refractivity contribution in [1.82, 2.24) is 14.8 Å². The molecule has 0 atom stereocenters. The Hall–Kier alpha value is -3.87. The predicted molar refractivity (Wildman–Crippen MR) is 143 cm³/mol. The Morgan fingerprint density at radius 1 is 1.16 bits per heavy atom. The lowest BCUT2D eigenvalue weighted by Crippen LogP contribution is -2.21. The van der Waals surface area contributed by atoms with Crippen LogP contribution >= 0.6 is 34.3 Å². The number of nitrogens with one attached hydrogen (secondary N) is 1. The summed E-state index contributed by atoms with van der Waals surface area (Å²) in [5.74, 6) is -0.904. The number of amides is 2. The van der Waals surface area contributed by atoms with Crippen LogP contribution < -0.4 is 15.8 Å². The van der Waals surface area contributed by atoms with Gasteiger partial charge in [-0.15, -0.1) is 22.7 Å². The summed E-state index contributed by atoms with van der Waals surface area (Å²) in [6, 6.07) is 13.1. The van der Waals surface area contributed by atoms with Crippen LogP contribution in [0.2, 0.25) is 5.02 Å². The number of anilines is 1. The monoisotopic (exact) mass is 573 g/mol. The van der Waals surface area contributed by atoms with Crippen LogP contribution in [-0.4, -0.2) is 26.6 Å². The van der Waals surface area contributed by atoms with Gasteiger partial charge in [0.05, 0.1) is 5.69 Å². The minimum atomic E-state index is -2.83. The first kappa shape index (κ1) is 25.8. The van der Waals surface area contributed by atoms with Crippen molar-refractivity contribution in [2.75, 3.05) is 5.32 Å². The molecule has 0 saturated carbocycles. The number of aryl methyl sites for hydroxylation is 1. The van der Waals surface area contributed by atoms with Gasteiger partial charge in [-0.2, -0.15) is 5.10 Å². The Morgan fingerprint density at radius 3 is 2.58 bits per heavy atom. The van der Waals surface area contributed by atoms with Gasteiger partial charge in [-0.05, 0) is 55.5 Å². The molecule has 1 aromatic carbocycles. The van der Waals surface area contributed by atoms with E-state index in [1.54, 1.807) is 30.3 Å². The van der Waals surface area contributed by atoms with E-state index in [9.17, 15) is 18.4 Å². The van der Waals surface area contributed by atoms with E-state index in [1.165, 1.54) is 34.3 Å². The highest BCUT2D eigenvalue weighted by molar-refractivity contribution is 7.21. The third kappa shape index (κ3) is 5.10. The molecule has 0 bridgehead atoms. The first-order valence-electron chi connectivity index (χ1n) is 11.0. The number of benzene rings is 1. The van der Waals surface area contributed by atoms with E-state index in [0.29, 0.717) is 26.6 Å². The highest BCUT2D eigenvalue weighted by atomic mass is 35.5. The highest BCUT2D eigenvalue weighted by Gasteiger charge is 2.26. The smallest absolute Gasteiger partial charge is 0.280 e. The maximum atomic E-state index is 13.7. The van der Waals surface area contributed by atoms with Crippen molar-refractivity contribution < 1.29 is 23.1 Å². The molecule has 0 spiro atoms. The van der Waals surface area contributed by atoms with E-state index in [0.717, 1.165) is 16.2 Å². The minimum absolute atomic E-state index is 0.00901. The van der Waals surface area contributed by atoms with Crippen molar-refractivity contribution in [3.8, 4) is 16.2 Å². The molecule has 8 nitrogen and oxygen atoms in total. The predicted octanol–water partition coefficient (Wildman–Crippen LogP) is 6.51. The molecule has 4 aromatic heterocycles. The SMILES string of the molecule is Cc1ccc(-c2cc(C(F)F)nc3sc(C(N)=O)c(NC(=O)c4ccnn4COc4ccc(Cl)cc4)c23)s1. The molecule has 0 saturated heterocycles. The number of hydrogen-bond acceptors (Lipinski definition) is 7. The second kappa shape index (κ2) is 10.5.